The predicted octanol–water partition coefficient (Wildman–Crippen LogP) is 5.42. The summed E-state index contributed by atoms with van der Waals surface area (Å²) in [6.07, 6.45) is 13.4. The van der Waals surface area contributed by atoms with Crippen LogP contribution in [0.5, 0.6) is 0 Å². The van der Waals surface area contributed by atoms with E-state index in [-0.39, 0.29) is 18.0 Å². The van der Waals surface area contributed by atoms with Gasteiger partial charge in [0.05, 0.1) is 11.9 Å². The molecular formula is C30H47N3O4. The van der Waals surface area contributed by atoms with Gasteiger partial charge in [-0.25, -0.2) is 4.79 Å². The average Bonchev–Trinajstić information content (AvgIpc) is 3.41. The third-order valence-electron chi connectivity index (χ3n) is 8.62. The Morgan fingerprint density at radius 2 is 2.03 bits per heavy atom. The van der Waals surface area contributed by atoms with Gasteiger partial charge in [0.15, 0.2) is 0 Å². The lowest BCUT2D eigenvalue weighted by Gasteiger charge is -2.43. The number of carbonyl (C=O) groups is 1. The summed E-state index contributed by atoms with van der Waals surface area (Å²) in [5.41, 5.74) is 0.660. The van der Waals surface area contributed by atoms with Crippen LogP contribution >= 0.6 is 0 Å². The lowest BCUT2D eigenvalue weighted by atomic mass is 9.73. The van der Waals surface area contributed by atoms with Crippen LogP contribution in [-0.4, -0.2) is 62.5 Å². The summed E-state index contributed by atoms with van der Waals surface area (Å²) < 4.78 is 10.9. The summed E-state index contributed by atoms with van der Waals surface area (Å²) >= 11 is 0. The lowest BCUT2D eigenvalue weighted by molar-refractivity contribution is -0.0552. The zero-order valence-corrected chi connectivity index (χ0v) is 22.8. The number of nitrogens with one attached hydrogen (secondary N) is 2. The Hall–Kier alpha value is -2.09. The Morgan fingerprint density at radius 1 is 1.19 bits per heavy atom. The Bertz CT molecular complexity index is 973. The molecule has 1 aromatic heterocycles. The van der Waals surface area contributed by atoms with Gasteiger partial charge in [0, 0.05) is 50.7 Å². The molecule has 1 aromatic carbocycles. The minimum atomic E-state index is -1.04. The maximum Gasteiger partial charge on any atom is 0.317 e. The molecule has 2 fully saturated rings. The number of furan rings is 1. The number of fused-ring (bicyclic) bond motifs is 1. The van der Waals surface area contributed by atoms with Crippen LogP contribution in [0.1, 0.15) is 76.2 Å². The number of hydrogen-bond donors (Lipinski definition) is 3. The van der Waals surface area contributed by atoms with Gasteiger partial charge in [0.2, 0.25) is 0 Å². The van der Waals surface area contributed by atoms with Crippen molar-refractivity contribution in [1.82, 2.24) is 15.5 Å². The van der Waals surface area contributed by atoms with E-state index >= 15 is 0 Å². The number of aliphatic hydroxyl groups is 1. The maximum absolute atomic E-state index is 13.5. The number of likely N-dealkylation sites (N-methyl/N-ethyl adjacent to an activating group) is 1. The summed E-state index contributed by atoms with van der Waals surface area (Å²) in [4.78, 5) is 15.4. The zero-order valence-electron chi connectivity index (χ0n) is 22.8. The van der Waals surface area contributed by atoms with Crippen LogP contribution in [0.3, 0.4) is 0 Å². The molecule has 0 radical (unpaired) electrons. The van der Waals surface area contributed by atoms with Gasteiger partial charge in [-0.2, -0.15) is 0 Å². The molecule has 2 unspecified atom stereocenters. The van der Waals surface area contributed by atoms with E-state index in [1.165, 1.54) is 32.1 Å². The predicted molar refractivity (Wildman–Crippen MR) is 148 cm³/mol. The van der Waals surface area contributed by atoms with E-state index in [9.17, 15) is 9.90 Å². The number of benzene rings is 1. The fourth-order valence-electron chi connectivity index (χ4n) is 6.65. The third-order valence-corrected chi connectivity index (χ3v) is 8.62. The summed E-state index contributed by atoms with van der Waals surface area (Å²) in [6.45, 7) is 2.74. The van der Waals surface area contributed by atoms with Gasteiger partial charge in [-0.15, -0.1) is 0 Å². The Balaban J connectivity index is 1.48. The number of nitrogens with zero attached hydrogens (tertiary/aromatic N) is 1. The van der Waals surface area contributed by atoms with Gasteiger partial charge in [0.1, 0.15) is 5.58 Å². The molecule has 2 aromatic rings. The topological polar surface area (TPSA) is 87.0 Å². The van der Waals surface area contributed by atoms with E-state index in [4.69, 9.17) is 9.15 Å². The SMILES string of the molecule is CNCC(CC1CCCCC1)NC(=O)N1CCCC([C@@](O)(CCCCOC)c2cccc3occc23)C1. The van der Waals surface area contributed by atoms with Crippen LogP contribution in [0, 0.1) is 11.8 Å². The first kappa shape index (κ1) is 27.9. The molecule has 7 nitrogen and oxygen atoms in total. The van der Waals surface area contributed by atoms with Gasteiger partial charge in [0.25, 0.3) is 0 Å². The molecule has 7 heteroatoms. The number of methoxy groups -OCH3 is 1. The highest BCUT2D eigenvalue weighted by atomic mass is 16.5. The van der Waals surface area contributed by atoms with Gasteiger partial charge in [-0.3, -0.25) is 0 Å². The molecule has 206 valence electrons. The Labute approximate surface area is 222 Å². The zero-order chi connectivity index (χ0) is 26.1. The molecular weight excluding hydrogens is 466 g/mol. The van der Waals surface area contributed by atoms with Crippen molar-refractivity contribution in [3.8, 4) is 0 Å². The first-order valence-corrected chi connectivity index (χ1v) is 14.4. The number of amides is 2. The fraction of sp³-hybridized carbons (Fsp3) is 0.700. The number of carbonyl (C=O) groups excluding carboxylic acids is 1. The fourth-order valence-corrected chi connectivity index (χ4v) is 6.65. The van der Waals surface area contributed by atoms with Crippen molar-refractivity contribution < 1.29 is 19.1 Å². The minimum absolute atomic E-state index is 0.00371. The highest BCUT2D eigenvalue weighted by Crippen LogP contribution is 2.42. The van der Waals surface area contributed by atoms with Gasteiger partial charge >= 0.3 is 6.03 Å². The van der Waals surface area contributed by atoms with Gasteiger partial charge in [-0.05, 0) is 69.2 Å². The van der Waals surface area contributed by atoms with Crippen LogP contribution in [0.15, 0.2) is 34.9 Å². The van der Waals surface area contributed by atoms with E-state index in [1.54, 1.807) is 13.4 Å². The molecule has 0 bridgehead atoms. The molecule has 1 saturated heterocycles. The van der Waals surface area contributed by atoms with Crippen molar-refractivity contribution >= 4 is 17.0 Å². The van der Waals surface area contributed by atoms with Crippen LogP contribution in [-0.2, 0) is 10.3 Å². The number of rotatable bonds is 12. The average molecular weight is 514 g/mol. The van der Waals surface area contributed by atoms with E-state index in [0.717, 1.165) is 61.7 Å². The second-order valence-electron chi connectivity index (χ2n) is 11.2. The molecule has 1 aliphatic carbocycles. The van der Waals surface area contributed by atoms with Crippen LogP contribution < -0.4 is 10.6 Å². The highest BCUT2D eigenvalue weighted by molar-refractivity contribution is 5.82. The normalized spacial score (nSPS) is 21.6. The lowest BCUT2D eigenvalue weighted by Crippen LogP contribution is -2.54. The van der Waals surface area contributed by atoms with Gasteiger partial charge < -0.3 is 29.8 Å². The van der Waals surface area contributed by atoms with E-state index in [2.05, 4.69) is 10.6 Å². The van der Waals surface area contributed by atoms with Crippen LogP contribution in [0.4, 0.5) is 4.79 Å². The number of piperidine rings is 1. The largest absolute Gasteiger partial charge is 0.464 e. The number of urea groups is 1. The van der Waals surface area contributed by atoms with Crippen molar-refractivity contribution in [3.63, 3.8) is 0 Å². The van der Waals surface area contributed by atoms with Crippen molar-refractivity contribution in [2.75, 3.05) is 40.4 Å². The van der Waals surface area contributed by atoms with Crippen molar-refractivity contribution in [2.24, 2.45) is 11.8 Å². The van der Waals surface area contributed by atoms with Crippen molar-refractivity contribution in [3.05, 3.63) is 36.1 Å². The molecule has 0 spiro atoms. The summed E-state index contributed by atoms with van der Waals surface area (Å²) in [5.74, 6) is 0.658. The standard InChI is InChI=1S/C30H47N3O4/c1-31-21-25(20-23-10-4-3-5-11-23)32-29(34)33-17-9-12-24(22-33)30(35,16-6-7-18-36-2)27-13-8-14-28-26(27)15-19-37-28/h8,13-15,19,23-25,31,35H,3-7,9-12,16-18,20-22H2,1-2H3,(H,32,34)/t24?,25?,30-/m0/s1. The highest BCUT2D eigenvalue weighted by Gasteiger charge is 2.42. The molecule has 3 N–H and O–H groups in total. The number of likely N-dealkylation sites (tertiary alicyclic amines) is 1. The molecule has 2 amide bonds. The van der Waals surface area contributed by atoms with E-state index < -0.39 is 5.60 Å². The number of unbranched alkanes of at least 4 members (excludes halogenated alkanes) is 1. The smallest absolute Gasteiger partial charge is 0.317 e. The van der Waals surface area contributed by atoms with Crippen LogP contribution in [0.2, 0.25) is 0 Å². The molecule has 2 heterocycles. The molecule has 1 saturated carbocycles. The molecule has 37 heavy (non-hydrogen) atoms. The summed E-state index contributed by atoms with van der Waals surface area (Å²) in [5, 5.41) is 19.9. The number of ether oxygens (including phenoxy) is 1. The monoisotopic (exact) mass is 513 g/mol. The molecule has 3 atom stereocenters. The Morgan fingerprint density at radius 3 is 2.81 bits per heavy atom. The third kappa shape index (κ3) is 7.06. The summed E-state index contributed by atoms with van der Waals surface area (Å²) in [6, 6.07) is 8.02. The van der Waals surface area contributed by atoms with E-state index in [0.29, 0.717) is 25.5 Å². The summed E-state index contributed by atoms with van der Waals surface area (Å²) in [7, 11) is 3.67. The minimum Gasteiger partial charge on any atom is -0.464 e. The maximum atomic E-state index is 13.5. The van der Waals surface area contributed by atoms with Crippen LogP contribution in [0.25, 0.3) is 11.0 Å². The quantitative estimate of drug-likeness (QED) is 0.330. The van der Waals surface area contributed by atoms with E-state index in [1.807, 2.05) is 36.2 Å². The first-order valence-electron chi connectivity index (χ1n) is 14.4. The first-order chi connectivity index (χ1) is 18.0. The molecule has 4 rings (SSSR count). The Kier molecular flexibility index (Phi) is 10.3. The second-order valence-corrected chi connectivity index (χ2v) is 11.2. The van der Waals surface area contributed by atoms with Crippen molar-refractivity contribution in [1.29, 1.82) is 0 Å². The molecule has 1 aliphatic heterocycles. The number of hydrogen-bond acceptors (Lipinski definition) is 5. The second kappa shape index (κ2) is 13.6. The van der Waals surface area contributed by atoms with Gasteiger partial charge in [-0.1, -0.05) is 44.2 Å². The van der Waals surface area contributed by atoms with Crippen molar-refractivity contribution in [2.45, 2.75) is 82.3 Å². The molecule has 2 aliphatic rings.